The maximum absolute atomic E-state index is 12.0. The van der Waals surface area contributed by atoms with E-state index in [1.54, 1.807) is 19.2 Å². The van der Waals surface area contributed by atoms with E-state index in [1.807, 2.05) is 0 Å². The highest BCUT2D eigenvalue weighted by atomic mass is 79.9. The Morgan fingerprint density at radius 3 is 2.79 bits per heavy atom. The normalized spacial score (nSPS) is 10.6. The van der Waals surface area contributed by atoms with Crippen LogP contribution in [0.2, 0.25) is 0 Å². The van der Waals surface area contributed by atoms with Crippen LogP contribution in [-0.4, -0.2) is 13.7 Å². The molecule has 0 amide bonds. The fourth-order valence-electron chi connectivity index (χ4n) is 1.09. The third-order valence-corrected chi connectivity index (χ3v) is 2.10. The molecule has 0 heterocycles. The molecule has 0 unspecified atom stereocenters. The van der Waals surface area contributed by atoms with E-state index in [-0.39, 0.29) is 5.75 Å². The van der Waals surface area contributed by atoms with Crippen LogP contribution < -0.4 is 10.1 Å². The molecule has 0 aromatic heterocycles. The topological polar surface area (TPSA) is 21.3 Å². The summed E-state index contributed by atoms with van der Waals surface area (Å²) in [5.41, 5.74) is 0.696. The van der Waals surface area contributed by atoms with Gasteiger partial charge >= 0.3 is 6.61 Å². The highest BCUT2D eigenvalue weighted by Gasteiger charge is 2.09. The zero-order chi connectivity index (χ0) is 10.6. The summed E-state index contributed by atoms with van der Waals surface area (Å²) in [7, 11) is 1.74. The second kappa shape index (κ2) is 5.26. The smallest absolute Gasteiger partial charge is 0.387 e. The minimum absolute atomic E-state index is 0.206. The summed E-state index contributed by atoms with van der Waals surface area (Å²) >= 11 is 3.26. The van der Waals surface area contributed by atoms with E-state index >= 15 is 0 Å². The standard InChI is InChI=1S/C9H10BrF2NO/c1-13-5-6-4-7(10)2-3-8(6)14-9(11)12/h2-4,9,13H,5H2,1H3. The van der Waals surface area contributed by atoms with Crippen molar-refractivity contribution in [2.75, 3.05) is 7.05 Å². The van der Waals surface area contributed by atoms with E-state index in [2.05, 4.69) is 26.0 Å². The van der Waals surface area contributed by atoms with Gasteiger partial charge in [0, 0.05) is 16.6 Å². The molecule has 1 aromatic rings. The van der Waals surface area contributed by atoms with Crippen LogP contribution in [0, 0.1) is 0 Å². The number of hydrogen-bond acceptors (Lipinski definition) is 2. The van der Waals surface area contributed by atoms with Crippen LogP contribution in [0.1, 0.15) is 5.56 Å². The quantitative estimate of drug-likeness (QED) is 0.904. The molecule has 1 N–H and O–H groups in total. The molecule has 78 valence electrons. The molecule has 0 saturated heterocycles. The van der Waals surface area contributed by atoms with E-state index in [1.165, 1.54) is 6.07 Å². The zero-order valence-corrected chi connectivity index (χ0v) is 9.14. The number of hydrogen-bond donors (Lipinski definition) is 1. The lowest BCUT2D eigenvalue weighted by molar-refractivity contribution is -0.0504. The molecule has 0 spiro atoms. The monoisotopic (exact) mass is 265 g/mol. The van der Waals surface area contributed by atoms with E-state index in [0.29, 0.717) is 12.1 Å². The van der Waals surface area contributed by atoms with Crippen LogP contribution in [0.15, 0.2) is 22.7 Å². The van der Waals surface area contributed by atoms with Crippen molar-refractivity contribution in [3.63, 3.8) is 0 Å². The van der Waals surface area contributed by atoms with Gasteiger partial charge in [-0.3, -0.25) is 0 Å². The first-order chi connectivity index (χ1) is 6.63. The molecule has 1 rings (SSSR count). The molecule has 0 saturated carbocycles. The van der Waals surface area contributed by atoms with Crippen LogP contribution >= 0.6 is 15.9 Å². The van der Waals surface area contributed by atoms with Crippen LogP contribution in [0.25, 0.3) is 0 Å². The van der Waals surface area contributed by atoms with Crippen molar-refractivity contribution in [2.24, 2.45) is 0 Å². The number of ether oxygens (including phenoxy) is 1. The second-order valence-corrected chi connectivity index (χ2v) is 3.58. The predicted octanol–water partition coefficient (Wildman–Crippen LogP) is 2.77. The van der Waals surface area contributed by atoms with Gasteiger partial charge in [-0.15, -0.1) is 0 Å². The van der Waals surface area contributed by atoms with Gasteiger partial charge in [-0.1, -0.05) is 15.9 Å². The van der Waals surface area contributed by atoms with Gasteiger partial charge in [0.05, 0.1) is 0 Å². The fraction of sp³-hybridized carbons (Fsp3) is 0.333. The van der Waals surface area contributed by atoms with Crippen molar-refractivity contribution < 1.29 is 13.5 Å². The maximum atomic E-state index is 12.0. The van der Waals surface area contributed by atoms with Gasteiger partial charge in [-0.25, -0.2) is 0 Å². The van der Waals surface area contributed by atoms with Crippen molar-refractivity contribution in [1.82, 2.24) is 5.32 Å². The highest BCUT2D eigenvalue weighted by Crippen LogP contribution is 2.24. The molecule has 0 radical (unpaired) electrons. The van der Waals surface area contributed by atoms with Crippen molar-refractivity contribution in [1.29, 1.82) is 0 Å². The maximum Gasteiger partial charge on any atom is 0.387 e. The summed E-state index contributed by atoms with van der Waals surface area (Å²) in [6.07, 6.45) is 0. The highest BCUT2D eigenvalue weighted by molar-refractivity contribution is 9.10. The Morgan fingerprint density at radius 1 is 1.50 bits per heavy atom. The minimum atomic E-state index is -2.79. The molecular weight excluding hydrogens is 256 g/mol. The van der Waals surface area contributed by atoms with Crippen molar-refractivity contribution >= 4 is 15.9 Å². The summed E-state index contributed by atoms with van der Waals surface area (Å²) in [6.45, 7) is -2.30. The summed E-state index contributed by atoms with van der Waals surface area (Å²) < 4.78 is 29.2. The van der Waals surface area contributed by atoms with Crippen molar-refractivity contribution in [2.45, 2.75) is 13.2 Å². The third-order valence-electron chi connectivity index (χ3n) is 1.61. The second-order valence-electron chi connectivity index (χ2n) is 2.66. The van der Waals surface area contributed by atoms with Gasteiger partial charge in [0.2, 0.25) is 0 Å². The Morgan fingerprint density at radius 2 is 2.21 bits per heavy atom. The summed E-state index contributed by atoms with van der Waals surface area (Å²) in [5.74, 6) is 0.206. The Labute approximate surface area is 89.4 Å². The van der Waals surface area contributed by atoms with Crippen LogP contribution in [0.3, 0.4) is 0 Å². The van der Waals surface area contributed by atoms with Crippen LogP contribution in [0.4, 0.5) is 8.78 Å². The lowest BCUT2D eigenvalue weighted by atomic mass is 10.2. The Hall–Kier alpha value is -0.680. The lowest BCUT2D eigenvalue weighted by Crippen LogP contribution is -2.09. The molecule has 14 heavy (non-hydrogen) atoms. The molecule has 2 nitrogen and oxygen atoms in total. The number of halogens is 3. The first kappa shape index (κ1) is 11.4. The summed E-state index contributed by atoms with van der Waals surface area (Å²) in [6, 6.07) is 4.92. The SMILES string of the molecule is CNCc1cc(Br)ccc1OC(F)F. The van der Waals surface area contributed by atoms with Gasteiger partial charge in [0.15, 0.2) is 0 Å². The number of nitrogens with one attached hydrogen (secondary N) is 1. The number of alkyl halides is 2. The molecule has 0 fully saturated rings. The Kier molecular flexibility index (Phi) is 4.28. The van der Waals surface area contributed by atoms with Gasteiger partial charge in [-0.05, 0) is 25.2 Å². The largest absolute Gasteiger partial charge is 0.434 e. The molecule has 1 aromatic carbocycles. The molecule has 0 atom stereocenters. The van der Waals surface area contributed by atoms with Crippen LogP contribution in [-0.2, 0) is 6.54 Å². The molecule has 0 aliphatic rings. The van der Waals surface area contributed by atoms with Gasteiger partial charge in [-0.2, -0.15) is 8.78 Å². The Balaban J connectivity index is 2.89. The molecule has 0 aliphatic carbocycles. The average molecular weight is 266 g/mol. The zero-order valence-electron chi connectivity index (χ0n) is 7.56. The number of benzene rings is 1. The molecular formula is C9H10BrF2NO. The first-order valence-corrected chi connectivity index (χ1v) is 4.80. The van der Waals surface area contributed by atoms with E-state index < -0.39 is 6.61 Å². The van der Waals surface area contributed by atoms with Gasteiger partial charge in [0.25, 0.3) is 0 Å². The lowest BCUT2D eigenvalue weighted by Gasteiger charge is -2.10. The summed E-state index contributed by atoms with van der Waals surface area (Å²) in [4.78, 5) is 0. The van der Waals surface area contributed by atoms with Crippen LogP contribution in [0.5, 0.6) is 5.75 Å². The van der Waals surface area contributed by atoms with E-state index in [4.69, 9.17) is 0 Å². The minimum Gasteiger partial charge on any atom is -0.434 e. The fourth-order valence-corrected chi connectivity index (χ4v) is 1.50. The van der Waals surface area contributed by atoms with Gasteiger partial charge in [0.1, 0.15) is 5.75 Å². The average Bonchev–Trinajstić information content (AvgIpc) is 2.09. The molecule has 0 aliphatic heterocycles. The van der Waals surface area contributed by atoms with Gasteiger partial charge < -0.3 is 10.1 Å². The molecule has 5 heteroatoms. The summed E-state index contributed by atoms with van der Waals surface area (Å²) in [5, 5.41) is 2.88. The first-order valence-electron chi connectivity index (χ1n) is 4.01. The van der Waals surface area contributed by atoms with E-state index in [9.17, 15) is 8.78 Å². The number of rotatable bonds is 4. The van der Waals surface area contributed by atoms with Crippen molar-refractivity contribution in [3.8, 4) is 5.75 Å². The van der Waals surface area contributed by atoms with Crippen molar-refractivity contribution in [3.05, 3.63) is 28.2 Å². The molecule has 0 bridgehead atoms. The predicted molar refractivity (Wildman–Crippen MR) is 53.5 cm³/mol. The van der Waals surface area contributed by atoms with E-state index in [0.717, 1.165) is 4.47 Å². The Bertz CT molecular complexity index is 307. The third kappa shape index (κ3) is 3.23.